The van der Waals surface area contributed by atoms with Crippen molar-refractivity contribution in [1.29, 1.82) is 0 Å². The zero-order chi connectivity index (χ0) is 19.3. The van der Waals surface area contributed by atoms with Crippen LogP contribution in [-0.2, 0) is 9.53 Å². The Morgan fingerprint density at radius 1 is 0.654 bits per heavy atom. The Kier molecular flexibility index (Phi) is 21.7. The van der Waals surface area contributed by atoms with E-state index >= 15 is 0 Å². The number of unbranched alkanes of at least 4 members (excludes halogenated alkanes) is 17. The van der Waals surface area contributed by atoms with E-state index in [1.807, 2.05) is 6.92 Å². The Hall–Kier alpha value is 0.200. The summed E-state index contributed by atoms with van der Waals surface area (Å²) in [4.78, 5) is 11.3. The third kappa shape index (κ3) is 20.5. The minimum Gasteiger partial charge on any atom is -0.465 e. The molecule has 0 fully saturated rings. The molecule has 0 radical (unpaired) electrons. The van der Waals surface area contributed by atoms with Crippen molar-refractivity contribution in [3.05, 3.63) is 0 Å². The molecule has 0 aromatic rings. The molecule has 0 N–H and O–H groups in total. The van der Waals surface area contributed by atoms with Gasteiger partial charge in [0.25, 0.3) is 0 Å². The van der Waals surface area contributed by atoms with Gasteiger partial charge in [-0.2, -0.15) is 0 Å². The maximum atomic E-state index is 11.3. The highest BCUT2D eigenvalue weighted by Gasteiger charge is 2.08. The van der Waals surface area contributed by atoms with Crippen molar-refractivity contribution in [1.82, 2.24) is 0 Å². The molecule has 1 atom stereocenters. The van der Waals surface area contributed by atoms with E-state index in [4.69, 9.17) is 4.74 Å². The zero-order valence-electron chi connectivity index (χ0n) is 17.7. The molecule has 0 aliphatic heterocycles. The molecule has 0 aromatic carbocycles. The molecular weight excluding hydrogens is 435 g/mol. The summed E-state index contributed by atoms with van der Waals surface area (Å²) in [5.41, 5.74) is 0. The molecule has 3 heteroatoms. The number of halogens is 1. The van der Waals surface area contributed by atoms with Gasteiger partial charge < -0.3 is 4.74 Å². The highest BCUT2D eigenvalue weighted by Crippen LogP contribution is 2.14. The average molecular weight is 481 g/mol. The summed E-state index contributed by atoms with van der Waals surface area (Å²) in [6.45, 7) is 4.76. The summed E-state index contributed by atoms with van der Waals surface area (Å²) in [5, 5.41) is 0. The summed E-state index contributed by atoms with van der Waals surface area (Å²) in [6, 6.07) is 0. The number of carbonyl (C=O) groups excluding carboxylic acids is 1. The minimum atomic E-state index is -0.0717. The maximum Gasteiger partial charge on any atom is 0.318 e. The third-order valence-corrected chi connectivity index (χ3v) is 5.58. The van der Waals surface area contributed by atoms with Gasteiger partial charge in [0, 0.05) is 0 Å². The molecule has 0 aromatic heterocycles. The minimum absolute atomic E-state index is 0.0249. The largest absolute Gasteiger partial charge is 0.465 e. The van der Waals surface area contributed by atoms with Crippen molar-refractivity contribution < 1.29 is 9.53 Å². The van der Waals surface area contributed by atoms with Crippen LogP contribution in [0, 0.1) is 0 Å². The van der Waals surface area contributed by atoms with Gasteiger partial charge in [-0.15, -0.1) is 0 Å². The summed E-state index contributed by atoms with van der Waals surface area (Å²) >= 11 is 2.10. The number of ether oxygens (including phenoxy) is 1. The number of esters is 1. The molecular formula is C23H45IO2. The fourth-order valence-corrected chi connectivity index (χ4v) is 3.47. The number of hydrogen-bond donors (Lipinski definition) is 0. The van der Waals surface area contributed by atoms with Crippen molar-refractivity contribution in [2.24, 2.45) is 0 Å². The smallest absolute Gasteiger partial charge is 0.318 e. The monoisotopic (exact) mass is 480 g/mol. The van der Waals surface area contributed by atoms with Crippen LogP contribution in [0.3, 0.4) is 0 Å². The predicted octanol–water partition coefficient (Wildman–Crippen LogP) is 8.39. The first kappa shape index (κ1) is 26.2. The van der Waals surface area contributed by atoms with Crippen LogP contribution < -0.4 is 0 Å². The van der Waals surface area contributed by atoms with E-state index in [1.165, 1.54) is 109 Å². The molecule has 0 rings (SSSR count). The molecule has 2 nitrogen and oxygen atoms in total. The second-order valence-electron chi connectivity index (χ2n) is 7.79. The first-order valence-corrected chi connectivity index (χ1v) is 12.7. The summed E-state index contributed by atoms with van der Waals surface area (Å²) in [5.74, 6) is -0.0717. The first-order valence-electron chi connectivity index (χ1n) is 11.5. The molecule has 0 bridgehead atoms. The molecule has 156 valence electrons. The van der Waals surface area contributed by atoms with E-state index in [1.54, 1.807) is 0 Å². The van der Waals surface area contributed by atoms with Gasteiger partial charge in [-0.1, -0.05) is 139 Å². The Morgan fingerprint density at radius 3 is 1.27 bits per heavy atom. The molecule has 0 saturated carbocycles. The van der Waals surface area contributed by atoms with Gasteiger partial charge in [-0.25, -0.2) is 0 Å². The summed E-state index contributed by atoms with van der Waals surface area (Å²) < 4.78 is 5.16. The van der Waals surface area contributed by atoms with Crippen LogP contribution in [0.4, 0.5) is 0 Å². The molecule has 0 heterocycles. The second kappa shape index (κ2) is 21.5. The van der Waals surface area contributed by atoms with Gasteiger partial charge in [0.05, 0.1) is 6.61 Å². The van der Waals surface area contributed by atoms with Gasteiger partial charge in [-0.3, -0.25) is 4.79 Å². The second-order valence-corrected chi connectivity index (χ2v) is 9.66. The van der Waals surface area contributed by atoms with Crippen LogP contribution in [0.15, 0.2) is 0 Å². The van der Waals surface area contributed by atoms with E-state index in [0.29, 0.717) is 6.61 Å². The Balaban J connectivity index is 3.04. The van der Waals surface area contributed by atoms with E-state index < -0.39 is 0 Å². The molecule has 0 amide bonds. The fourth-order valence-electron chi connectivity index (χ4n) is 3.29. The fraction of sp³-hybridized carbons (Fsp3) is 0.957. The molecule has 1 unspecified atom stereocenters. The Bertz CT molecular complexity index is 292. The van der Waals surface area contributed by atoms with Crippen LogP contribution in [0.2, 0.25) is 0 Å². The van der Waals surface area contributed by atoms with E-state index in [-0.39, 0.29) is 9.89 Å². The van der Waals surface area contributed by atoms with Gasteiger partial charge >= 0.3 is 5.97 Å². The van der Waals surface area contributed by atoms with Crippen LogP contribution in [0.5, 0.6) is 0 Å². The lowest BCUT2D eigenvalue weighted by atomic mass is 10.0. The molecule has 26 heavy (non-hydrogen) atoms. The van der Waals surface area contributed by atoms with E-state index in [9.17, 15) is 4.79 Å². The number of hydrogen-bond acceptors (Lipinski definition) is 2. The quantitative estimate of drug-likeness (QED) is 0.0757. The van der Waals surface area contributed by atoms with Crippen LogP contribution in [0.1, 0.15) is 129 Å². The predicted molar refractivity (Wildman–Crippen MR) is 123 cm³/mol. The normalized spacial score (nSPS) is 12.3. The Labute approximate surface area is 177 Å². The average Bonchev–Trinajstić information content (AvgIpc) is 2.63. The molecule has 0 aliphatic carbocycles. The van der Waals surface area contributed by atoms with E-state index in [2.05, 4.69) is 29.5 Å². The van der Waals surface area contributed by atoms with Crippen LogP contribution in [-0.4, -0.2) is 16.5 Å². The SMILES string of the molecule is CCCCCCCCCCCCCCCCCCCCOC(=O)C(C)I. The zero-order valence-corrected chi connectivity index (χ0v) is 19.9. The van der Waals surface area contributed by atoms with Crippen molar-refractivity contribution >= 4 is 28.6 Å². The molecule has 0 spiro atoms. The highest BCUT2D eigenvalue weighted by atomic mass is 127. The van der Waals surface area contributed by atoms with Crippen LogP contribution in [0.25, 0.3) is 0 Å². The standard InChI is InChI=1S/C23H45IO2/c1-3-4-5-6-7-8-9-10-11-12-13-14-15-16-17-18-19-20-21-26-23(25)22(2)24/h22H,3-21H2,1-2H3. The van der Waals surface area contributed by atoms with Crippen molar-refractivity contribution in [3.63, 3.8) is 0 Å². The Morgan fingerprint density at radius 2 is 0.962 bits per heavy atom. The lowest BCUT2D eigenvalue weighted by molar-refractivity contribution is -0.142. The number of rotatable bonds is 20. The van der Waals surface area contributed by atoms with Crippen molar-refractivity contribution in [2.45, 2.75) is 133 Å². The van der Waals surface area contributed by atoms with Gasteiger partial charge in [0.15, 0.2) is 0 Å². The maximum absolute atomic E-state index is 11.3. The topological polar surface area (TPSA) is 26.3 Å². The first-order chi connectivity index (χ1) is 12.7. The van der Waals surface area contributed by atoms with Crippen molar-refractivity contribution in [3.8, 4) is 0 Å². The van der Waals surface area contributed by atoms with E-state index in [0.717, 1.165) is 6.42 Å². The van der Waals surface area contributed by atoms with Crippen LogP contribution >= 0.6 is 22.6 Å². The summed E-state index contributed by atoms with van der Waals surface area (Å²) in [6.07, 6.45) is 24.9. The van der Waals surface area contributed by atoms with Crippen molar-refractivity contribution in [2.75, 3.05) is 6.61 Å². The van der Waals surface area contributed by atoms with Gasteiger partial charge in [-0.05, 0) is 13.3 Å². The lowest BCUT2D eigenvalue weighted by Crippen LogP contribution is -2.14. The molecule has 0 saturated heterocycles. The lowest BCUT2D eigenvalue weighted by Gasteiger charge is -2.06. The summed E-state index contributed by atoms with van der Waals surface area (Å²) in [7, 11) is 0. The number of carbonyl (C=O) groups is 1. The molecule has 0 aliphatic rings. The van der Waals surface area contributed by atoms with Gasteiger partial charge in [0.1, 0.15) is 3.92 Å². The third-order valence-electron chi connectivity index (χ3n) is 5.07. The highest BCUT2D eigenvalue weighted by molar-refractivity contribution is 14.1. The van der Waals surface area contributed by atoms with Gasteiger partial charge in [0.2, 0.25) is 0 Å². The number of alkyl halides is 1.